The number of anilines is 1. The molecule has 2 rings (SSSR count). The third-order valence-corrected chi connectivity index (χ3v) is 3.58. The van der Waals surface area contributed by atoms with Crippen molar-refractivity contribution in [2.24, 2.45) is 0 Å². The van der Waals surface area contributed by atoms with Crippen molar-refractivity contribution in [3.05, 3.63) is 33.9 Å². The second-order valence-electron chi connectivity index (χ2n) is 6.60. The average molecular weight is 248 g/mol. The van der Waals surface area contributed by atoms with Crippen molar-refractivity contribution in [1.82, 2.24) is 0 Å². The van der Waals surface area contributed by atoms with Crippen LogP contribution in [0.25, 0.3) is 0 Å². The Kier molecular flexibility index (Phi) is 2.65. The number of non-ortho nitro benzene ring substituents is 1. The Morgan fingerprint density at radius 3 is 2.44 bits per heavy atom. The molecule has 0 amide bonds. The van der Waals surface area contributed by atoms with Crippen LogP contribution in [0, 0.1) is 10.1 Å². The summed E-state index contributed by atoms with van der Waals surface area (Å²) in [7, 11) is 0. The molecule has 0 fully saturated rings. The molecule has 1 aliphatic heterocycles. The molecule has 0 bridgehead atoms. The molecule has 1 aromatic rings. The van der Waals surface area contributed by atoms with E-state index in [2.05, 4.69) is 39.5 Å². The van der Waals surface area contributed by atoms with Gasteiger partial charge in [0.25, 0.3) is 5.69 Å². The summed E-state index contributed by atoms with van der Waals surface area (Å²) in [5, 5.41) is 10.9. The number of nitro groups is 1. The molecule has 0 spiro atoms. The molecule has 1 aliphatic rings. The fourth-order valence-corrected chi connectivity index (χ4v) is 2.59. The Bertz CT molecular complexity index is 501. The van der Waals surface area contributed by atoms with E-state index in [1.807, 2.05) is 6.07 Å². The van der Waals surface area contributed by atoms with Crippen LogP contribution in [0.2, 0.25) is 0 Å². The van der Waals surface area contributed by atoms with E-state index in [0.717, 1.165) is 12.2 Å². The van der Waals surface area contributed by atoms with Gasteiger partial charge in [-0.1, -0.05) is 13.8 Å². The number of benzene rings is 1. The zero-order valence-corrected chi connectivity index (χ0v) is 11.7. The first-order chi connectivity index (χ1) is 8.13. The summed E-state index contributed by atoms with van der Waals surface area (Å²) < 4.78 is 0. The van der Waals surface area contributed by atoms with E-state index in [-0.39, 0.29) is 21.6 Å². The van der Waals surface area contributed by atoms with Gasteiger partial charge in [-0.3, -0.25) is 10.1 Å². The Morgan fingerprint density at radius 2 is 1.94 bits per heavy atom. The molecule has 0 saturated heterocycles. The smallest absolute Gasteiger partial charge is 0.271 e. The van der Waals surface area contributed by atoms with E-state index in [0.29, 0.717) is 0 Å². The number of hydrogen-bond acceptors (Lipinski definition) is 3. The Hall–Kier alpha value is -1.58. The van der Waals surface area contributed by atoms with Gasteiger partial charge in [0, 0.05) is 35.3 Å². The zero-order chi connectivity index (χ0) is 13.7. The van der Waals surface area contributed by atoms with Gasteiger partial charge in [-0.05, 0) is 32.4 Å². The maximum atomic E-state index is 10.9. The molecule has 0 unspecified atom stereocenters. The van der Waals surface area contributed by atoms with E-state index in [1.165, 1.54) is 5.56 Å². The Balaban J connectivity index is 2.58. The van der Waals surface area contributed by atoms with Crippen LogP contribution in [0.5, 0.6) is 0 Å². The second kappa shape index (κ2) is 3.70. The topological polar surface area (TPSA) is 46.4 Å². The molecule has 4 nitrogen and oxygen atoms in total. The van der Waals surface area contributed by atoms with Gasteiger partial charge in [0.1, 0.15) is 0 Å². The summed E-state index contributed by atoms with van der Waals surface area (Å²) in [6.45, 7) is 11.7. The van der Waals surface area contributed by atoms with Crippen LogP contribution >= 0.6 is 0 Å². The fourth-order valence-electron chi connectivity index (χ4n) is 2.59. The number of hydrogen-bond donors (Lipinski definition) is 0. The standard InChI is InChI=1S/C14H20N2O2/c1-13(2,3)15-9-14(4,5)11-7-6-10(16(17)18)8-12(11)15/h6-8H,9H2,1-5H3. The predicted molar refractivity (Wildman–Crippen MR) is 73.2 cm³/mol. The lowest BCUT2D eigenvalue weighted by atomic mass is 9.87. The highest BCUT2D eigenvalue weighted by molar-refractivity contribution is 5.67. The van der Waals surface area contributed by atoms with E-state index in [1.54, 1.807) is 12.1 Å². The number of rotatable bonds is 1. The van der Waals surface area contributed by atoms with Crippen LogP contribution in [0.3, 0.4) is 0 Å². The highest BCUT2D eigenvalue weighted by atomic mass is 16.6. The maximum Gasteiger partial charge on any atom is 0.271 e. The minimum atomic E-state index is -0.327. The Labute approximate surface area is 108 Å². The molecule has 0 N–H and O–H groups in total. The molecular weight excluding hydrogens is 228 g/mol. The first-order valence-corrected chi connectivity index (χ1v) is 6.19. The zero-order valence-electron chi connectivity index (χ0n) is 11.7. The van der Waals surface area contributed by atoms with Gasteiger partial charge in [-0.2, -0.15) is 0 Å². The summed E-state index contributed by atoms with van der Waals surface area (Å²) in [5.74, 6) is 0. The lowest BCUT2D eigenvalue weighted by molar-refractivity contribution is -0.384. The van der Waals surface area contributed by atoms with Gasteiger partial charge in [-0.25, -0.2) is 0 Å². The molecule has 0 aromatic heterocycles. The molecule has 18 heavy (non-hydrogen) atoms. The quantitative estimate of drug-likeness (QED) is 0.564. The van der Waals surface area contributed by atoms with E-state index >= 15 is 0 Å². The molecule has 0 radical (unpaired) electrons. The Morgan fingerprint density at radius 1 is 1.33 bits per heavy atom. The van der Waals surface area contributed by atoms with Crippen LogP contribution in [0.1, 0.15) is 40.2 Å². The summed E-state index contributed by atoms with van der Waals surface area (Å²) in [6.07, 6.45) is 0. The van der Waals surface area contributed by atoms with E-state index in [9.17, 15) is 10.1 Å². The number of nitro benzene ring substituents is 1. The summed E-state index contributed by atoms with van der Waals surface area (Å²) >= 11 is 0. The summed E-state index contributed by atoms with van der Waals surface area (Å²) in [4.78, 5) is 12.8. The summed E-state index contributed by atoms with van der Waals surface area (Å²) in [6, 6.07) is 5.21. The van der Waals surface area contributed by atoms with Crippen LogP contribution in [-0.4, -0.2) is 17.0 Å². The highest BCUT2D eigenvalue weighted by Crippen LogP contribution is 2.44. The largest absolute Gasteiger partial charge is 0.365 e. The van der Waals surface area contributed by atoms with Gasteiger partial charge < -0.3 is 4.90 Å². The minimum Gasteiger partial charge on any atom is -0.365 e. The van der Waals surface area contributed by atoms with Crippen molar-refractivity contribution < 1.29 is 4.92 Å². The van der Waals surface area contributed by atoms with Crippen molar-refractivity contribution in [1.29, 1.82) is 0 Å². The first kappa shape index (κ1) is 12.9. The third-order valence-electron chi connectivity index (χ3n) is 3.58. The maximum absolute atomic E-state index is 10.9. The van der Waals surface area contributed by atoms with Crippen molar-refractivity contribution >= 4 is 11.4 Å². The van der Waals surface area contributed by atoms with Gasteiger partial charge >= 0.3 is 0 Å². The first-order valence-electron chi connectivity index (χ1n) is 6.19. The number of fused-ring (bicyclic) bond motifs is 1. The average Bonchev–Trinajstić information content (AvgIpc) is 2.50. The molecule has 98 valence electrons. The van der Waals surface area contributed by atoms with Gasteiger partial charge in [-0.15, -0.1) is 0 Å². The van der Waals surface area contributed by atoms with Crippen molar-refractivity contribution in [2.75, 3.05) is 11.4 Å². The predicted octanol–water partition coefficient (Wildman–Crippen LogP) is 3.49. The number of nitrogens with zero attached hydrogens (tertiary/aromatic N) is 2. The lowest BCUT2D eigenvalue weighted by Crippen LogP contribution is -2.42. The van der Waals surface area contributed by atoms with Crippen LogP contribution in [0.4, 0.5) is 11.4 Å². The highest BCUT2D eigenvalue weighted by Gasteiger charge is 2.40. The molecular formula is C14H20N2O2. The molecule has 4 heteroatoms. The van der Waals surface area contributed by atoms with Gasteiger partial charge in [0.2, 0.25) is 0 Å². The van der Waals surface area contributed by atoms with Crippen molar-refractivity contribution in [3.8, 4) is 0 Å². The van der Waals surface area contributed by atoms with Gasteiger partial charge in [0.05, 0.1) is 4.92 Å². The molecule has 0 aliphatic carbocycles. The third kappa shape index (κ3) is 1.96. The molecule has 0 saturated carbocycles. The minimum absolute atomic E-state index is 0.0300. The van der Waals surface area contributed by atoms with E-state index in [4.69, 9.17) is 0 Å². The fraction of sp³-hybridized carbons (Fsp3) is 0.571. The molecule has 0 atom stereocenters. The van der Waals surface area contributed by atoms with Crippen molar-refractivity contribution in [3.63, 3.8) is 0 Å². The van der Waals surface area contributed by atoms with E-state index < -0.39 is 0 Å². The lowest BCUT2D eigenvalue weighted by Gasteiger charge is -2.35. The monoisotopic (exact) mass is 248 g/mol. The van der Waals surface area contributed by atoms with Crippen LogP contribution < -0.4 is 4.90 Å². The van der Waals surface area contributed by atoms with Crippen LogP contribution in [0.15, 0.2) is 18.2 Å². The molecule has 1 heterocycles. The van der Waals surface area contributed by atoms with Gasteiger partial charge in [0.15, 0.2) is 0 Å². The normalized spacial score (nSPS) is 17.7. The SMILES string of the molecule is CC1(C)CN(C(C)(C)C)c2cc([N+](=O)[O-])ccc21. The van der Waals surface area contributed by atoms with Crippen LogP contribution in [-0.2, 0) is 5.41 Å². The summed E-state index contributed by atoms with van der Waals surface area (Å²) in [5.41, 5.74) is 2.38. The van der Waals surface area contributed by atoms with Crippen molar-refractivity contribution in [2.45, 2.75) is 45.6 Å². The molecule has 1 aromatic carbocycles. The second-order valence-corrected chi connectivity index (χ2v) is 6.60.